The molecule has 0 N–H and O–H groups in total. The lowest BCUT2D eigenvalue weighted by Gasteiger charge is -2.44. The van der Waals surface area contributed by atoms with Crippen LogP contribution >= 0.6 is 0 Å². The maximum atomic E-state index is 13.9. The number of alkyl halides is 6. The van der Waals surface area contributed by atoms with Gasteiger partial charge in [-0.05, 0) is 63.4 Å². The molecular formula is C34H40F6N6O4. The molecule has 2 aromatic heterocycles. The molecule has 50 heavy (non-hydrogen) atoms. The molecule has 2 aliphatic rings. The van der Waals surface area contributed by atoms with E-state index >= 15 is 0 Å². The first-order chi connectivity index (χ1) is 23.7. The van der Waals surface area contributed by atoms with Crippen molar-refractivity contribution in [2.45, 2.75) is 71.5 Å². The molecule has 0 bridgehead atoms. The highest BCUT2D eigenvalue weighted by Gasteiger charge is 2.42. The summed E-state index contributed by atoms with van der Waals surface area (Å²) in [4.78, 5) is 32.2. The first-order valence-corrected chi connectivity index (χ1v) is 16.4. The van der Waals surface area contributed by atoms with E-state index in [2.05, 4.69) is 19.9 Å². The Balaban J connectivity index is 1.58. The predicted octanol–water partition coefficient (Wildman–Crippen LogP) is 7.13. The Bertz CT molecular complexity index is 1600. The number of anilines is 2. The van der Waals surface area contributed by atoms with Crippen LogP contribution in [-0.2, 0) is 28.4 Å². The van der Waals surface area contributed by atoms with Crippen molar-refractivity contribution in [1.29, 1.82) is 0 Å². The topological polar surface area (TPSA) is 93.2 Å². The van der Waals surface area contributed by atoms with Crippen LogP contribution in [0.2, 0.25) is 0 Å². The van der Waals surface area contributed by atoms with E-state index in [-0.39, 0.29) is 30.6 Å². The largest absolute Gasteiger partial charge is 0.489 e. The van der Waals surface area contributed by atoms with Crippen LogP contribution in [0.25, 0.3) is 0 Å². The molecule has 16 heteroatoms. The number of benzene rings is 1. The second kappa shape index (κ2) is 15.4. The third-order valence-electron chi connectivity index (χ3n) is 8.75. The lowest BCUT2D eigenvalue weighted by molar-refractivity contribution is -0.143. The van der Waals surface area contributed by atoms with Gasteiger partial charge in [-0.15, -0.1) is 0 Å². The summed E-state index contributed by atoms with van der Waals surface area (Å²) in [6, 6.07) is 2.15. The van der Waals surface area contributed by atoms with E-state index in [1.54, 1.807) is 31.7 Å². The third-order valence-corrected chi connectivity index (χ3v) is 8.75. The number of carbonyl (C=O) groups is 1. The summed E-state index contributed by atoms with van der Waals surface area (Å²) in [7, 11) is 0. The number of amides is 1. The van der Waals surface area contributed by atoms with Gasteiger partial charge in [0.1, 0.15) is 6.61 Å². The predicted molar refractivity (Wildman–Crippen MR) is 172 cm³/mol. The normalized spacial score (nSPS) is 18.5. The van der Waals surface area contributed by atoms with Gasteiger partial charge in [-0.25, -0.2) is 14.8 Å². The van der Waals surface area contributed by atoms with Gasteiger partial charge in [0, 0.05) is 43.5 Å². The van der Waals surface area contributed by atoms with E-state index < -0.39 is 48.2 Å². The van der Waals surface area contributed by atoms with Gasteiger partial charge < -0.3 is 19.1 Å². The van der Waals surface area contributed by atoms with E-state index in [1.165, 1.54) is 17.3 Å². The SMILES string of the molecule is CCOC(=O)N1c2c(cc(C)nc2C)C(N(Cc2cc(C(F)(F)F)cc(C(F)(F)F)c2)c2ncc(OCCN3CCOCC3)cn2)CC1CC. The zero-order valence-corrected chi connectivity index (χ0v) is 28.3. The first-order valence-electron chi connectivity index (χ1n) is 16.4. The Kier molecular flexibility index (Phi) is 11.4. The zero-order chi connectivity index (χ0) is 36.2. The molecule has 3 aromatic rings. The lowest BCUT2D eigenvalue weighted by atomic mass is 9.88. The minimum absolute atomic E-state index is 0.0546. The second-order valence-corrected chi connectivity index (χ2v) is 12.2. The van der Waals surface area contributed by atoms with Gasteiger partial charge in [0.15, 0.2) is 5.75 Å². The summed E-state index contributed by atoms with van der Waals surface area (Å²) < 4.78 is 100.0. The molecule has 1 fully saturated rings. The van der Waals surface area contributed by atoms with E-state index in [9.17, 15) is 31.1 Å². The molecule has 272 valence electrons. The maximum absolute atomic E-state index is 13.9. The fraction of sp³-hybridized carbons (Fsp3) is 0.529. The molecular weight excluding hydrogens is 670 g/mol. The number of rotatable bonds is 10. The fourth-order valence-electron chi connectivity index (χ4n) is 6.45. The third kappa shape index (κ3) is 8.57. The Morgan fingerprint density at radius 2 is 1.62 bits per heavy atom. The van der Waals surface area contributed by atoms with Gasteiger partial charge in [-0.3, -0.25) is 14.8 Å². The number of fused-ring (bicyclic) bond motifs is 1. The van der Waals surface area contributed by atoms with Crippen molar-refractivity contribution in [2.24, 2.45) is 0 Å². The highest BCUT2D eigenvalue weighted by molar-refractivity contribution is 5.91. The molecule has 2 unspecified atom stereocenters. The van der Waals surface area contributed by atoms with Crippen molar-refractivity contribution in [2.75, 3.05) is 55.9 Å². The van der Waals surface area contributed by atoms with Crippen LogP contribution in [0.3, 0.4) is 0 Å². The Labute approximate surface area is 286 Å². The van der Waals surface area contributed by atoms with Gasteiger partial charge >= 0.3 is 18.4 Å². The average Bonchev–Trinajstić information content (AvgIpc) is 3.06. The number of morpholine rings is 1. The molecule has 0 aliphatic carbocycles. The number of nitrogens with zero attached hydrogens (tertiary/aromatic N) is 6. The van der Waals surface area contributed by atoms with Crippen molar-refractivity contribution in [1.82, 2.24) is 19.9 Å². The van der Waals surface area contributed by atoms with E-state index in [4.69, 9.17) is 14.2 Å². The molecule has 4 heterocycles. The summed E-state index contributed by atoms with van der Waals surface area (Å²) in [6.07, 6.45) is -7.06. The van der Waals surface area contributed by atoms with Gasteiger partial charge in [-0.1, -0.05) is 6.92 Å². The highest BCUT2D eigenvalue weighted by atomic mass is 19.4. The van der Waals surface area contributed by atoms with Gasteiger partial charge in [0.05, 0.1) is 60.8 Å². The van der Waals surface area contributed by atoms with Crippen molar-refractivity contribution in [3.05, 3.63) is 70.3 Å². The molecule has 1 aromatic carbocycles. The second-order valence-electron chi connectivity index (χ2n) is 12.2. The molecule has 1 amide bonds. The highest BCUT2D eigenvalue weighted by Crippen LogP contribution is 2.45. The molecule has 5 rings (SSSR count). The smallest absolute Gasteiger partial charge is 0.416 e. The fourth-order valence-corrected chi connectivity index (χ4v) is 6.45. The molecule has 0 radical (unpaired) electrons. The molecule has 0 spiro atoms. The van der Waals surface area contributed by atoms with Crippen LogP contribution in [0.1, 0.15) is 66.4 Å². The number of carbonyl (C=O) groups excluding carboxylic acids is 1. The number of hydrogen-bond donors (Lipinski definition) is 0. The Morgan fingerprint density at radius 3 is 2.20 bits per heavy atom. The van der Waals surface area contributed by atoms with Crippen LogP contribution in [0.5, 0.6) is 5.75 Å². The van der Waals surface area contributed by atoms with Crippen molar-refractivity contribution in [3.63, 3.8) is 0 Å². The van der Waals surface area contributed by atoms with Crippen LogP contribution in [-0.4, -0.2) is 78.0 Å². The quantitative estimate of drug-likeness (QED) is 0.204. The number of halogens is 6. The number of ether oxygens (including phenoxy) is 3. The van der Waals surface area contributed by atoms with Gasteiger partial charge in [0.25, 0.3) is 0 Å². The molecule has 1 saturated heterocycles. The van der Waals surface area contributed by atoms with Crippen LogP contribution in [0.4, 0.5) is 42.8 Å². The van der Waals surface area contributed by atoms with Crippen molar-refractivity contribution >= 4 is 17.7 Å². The van der Waals surface area contributed by atoms with Crippen molar-refractivity contribution in [3.8, 4) is 5.75 Å². The zero-order valence-electron chi connectivity index (χ0n) is 28.3. The minimum atomic E-state index is -5.03. The Hall–Kier alpha value is -4.18. The first kappa shape index (κ1) is 37.1. The summed E-state index contributed by atoms with van der Waals surface area (Å²) in [6.45, 7) is 10.6. The number of aryl methyl sites for hydroxylation is 2. The average molecular weight is 711 g/mol. The van der Waals surface area contributed by atoms with Crippen LogP contribution in [0, 0.1) is 13.8 Å². The van der Waals surface area contributed by atoms with Crippen LogP contribution < -0.4 is 14.5 Å². The van der Waals surface area contributed by atoms with Gasteiger partial charge in [-0.2, -0.15) is 26.3 Å². The molecule has 2 atom stereocenters. The Morgan fingerprint density at radius 1 is 0.980 bits per heavy atom. The number of pyridine rings is 1. The lowest BCUT2D eigenvalue weighted by Crippen LogP contribution is -2.48. The van der Waals surface area contributed by atoms with E-state index in [0.29, 0.717) is 73.3 Å². The minimum Gasteiger partial charge on any atom is -0.489 e. The molecule has 0 saturated carbocycles. The number of hydrogen-bond acceptors (Lipinski definition) is 9. The summed E-state index contributed by atoms with van der Waals surface area (Å²) >= 11 is 0. The van der Waals surface area contributed by atoms with Gasteiger partial charge in [0.2, 0.25) is 5.95 Å². The summed E-state index contributed by atoms with van der Waals surface area (Å²) in [5.74, 6) is 0.402. The van der Waals surface area contributed by atoms with E-state index in [0.717, 1.165) is 13.1 Å². The molecule has 10 nitrogen and oxygen atoms in total. The molecule has 2 aliphatic heterocycles. The van der Waals surface area contributed by atoms with Crippen LogP contribution in [0.15, 0.2) is 36.7 Å². The monoisotopic (exact) mass is 710 g/mol. The summed E-state index contributed by atoms with van der Waals surface area (Å²) in [5, 5.41) is 0. The standard InChI is InChI=1S/C34H40F6N6O4/c1-5-26-17-29(28-13-21(3)43-22(4)30(28)46(26)32(47)49-6-2)45(20-23-14-24(33(35,36)37)16-25(15-23)34(38,39)40)31-41-18-27(19-42-31)50-12-9-44-7-10-48-11-8-44/h13-16,18-19,26,29H,5-12,17,20H2,1-4H3. The maximum Gasteiger partial charge on any atom is 0.416 e. The number of aromatic nitrogens is 3. The van der Waals surface area contributed by atoms with E-state index in [1.807, 2.05) is 6.92 Å². The summed E-state index contributed by atoms with van der Waals surface area (Å²) in [5.41, 5.74) is -0.922. The van der Waals surface area contributed by atoms with Crippen molar-refractivity contribution < 1.29 is 45.3 Å².